The van der Waals surface area contributed by atoms with Crippen LogP contribution < -0.4 is 18.9 Å². The van der Waals surface area contributed by atoms with Crippen LogP contribution in [0.2, 0.25) is 33.2 Å². The van der Waals surface area contributed by atoms with E-state index in [2.05, 4.69) is 98.4 Å². The quantitative estimate of drug-likeness (QED) is 0.0738. The van der Waals surface area contributed by atoms with Crippen LogP contribution >= 0.6 is 0 Å². The zero-order valence-electron chi connectivity index (χ0n) is 45.8. The van der Waals surface area contributed by atoms with Crippen LogP contribution in [0.3, 0.4) is 0 Å². The zero-order valence-corrected chi connectivity index (χ0v) is 47.8. The SMILES string of the molecule is CC(C)[Si](Oc1c2c(c(O)c3cccnc13)C(=O)N(Cc1ccc(F)cc1)C2=O)(C(C)C)C(C)C.CC(C)[Si](Oc1c2c(c(OC(=O)N3CCNC3=O)c3cccnc13)CN(Cc1ccc(F)cc1)C2=O)(C(C)C)C(C)C. The summed E-state index contributed by atoms with van der Waals surface area (Å²) in [7, 11) is -5.11. The van der Waals surface area contributed by atoms with E-state index in [-0.39, 0.29) is 99.5 Å². The fraction of sp³-hybridized carbons (Fsp3) is 0.397. The average molecular weight is 1090 g/mol. The summed E-state index contributed by atoms with van der Waals surface area (Å²) >= 11 is 0. The molecule has 3 aliphatic heterocycles. The van der Waals surface area contributed by atoms with Crippen molar-refractivity contribution in [1.29, 1.82) is 0 Å². The lowest BCUT2D eigenvalue weighted by molar-refractivity contribution is 0.0640. The molecule has 2 aromatic heterocycles. The summed E-state index contributed by atoms with van der Waals surface area (Å²) in [5.74, 6) is -1.61. The van der Waals surface area contributed by atoms with E-state index in [0.29, 0.717) is 50.8 Å². The van der Waals surface area contributed by atoms with E-state index in [0.717, 1.165) is 15.4 Å². The fourth-order valence-electron chi connectivity index (χ4n) is 12.2. The molecular formula is C58H68F2N6O9Si2. The molecule has 1 fully saturated rings. The number of phenolic OH excluding ortho intramolecular Hbond substituents is 1. The summed E-state index contributed by atoms with van der Waals surface area (Å²) in [6.45, 7) is 26.6. The van der Waals surface area contributed by atoms with Crippen LogP contribution in [0.5, 0.6) is 23.0 Å². The third-order valence-electron chi connectivity index (χ3n) is 15.6. The van der Waals surface area contributed by atoms with Crippen molar-refractivity contribution in [3.05, 3.63) is 130 Å². The summed E-state index contributed by atoms with van der Waals surface area (Å²) < 4.78 is 47.0. The number of nitrogens with zero attached hydrogens (tertiary/aromatic N) is 5. The Morgan fingerprint density at radius 2 is 1.06 bits per heavy atom. The Hall–Kier alpha value is -7.26. The van der Waals surface area contributed by atoms with E-state index in [1.807, 2.05) is 0 Å². The highest BCUT2D eigenvalue weighted by molar-refractivity contribution is 6.79. The first-order valence-electron chi connectivity index (χ1n) is 26.3. The topological polar surface area (TPSA) is 181 Å². The number of ether oxygens (including phenoxy) is 1. The molecular weight excluding hydrogens is 1020 g/mol. The maximum absolute atomic E-state index is 14.2. The minimum absolute atomic E-state index is 0.0452. The number of phenols is 1. The predicted molar refractivity (Wildman–Crippen MR) is 295 cm³/mol. The van der Waals surface area contributed by atoms with Gasteiger partial charge in [-0.15, -0.1) is 0 Å². The number of hydrogen-bond acceptors (Lipinski definition) is 11. The standard InChI is InChI=1S/C31H37FN4O5Si.C27H31FN2O4Si/c1-18(2)42(19(3)4,20(5)6)41-28-25-24(17-35(29(25)37)16-21-9-11-22(32)12-10-21)27(23-8-7-13-33-26(23)28)40-31(39)36-15-14-34-30(36)38;1-15(2)35(16(3)4,17(5)6)34-25-22-21(24(31)20-8-7-13-29-23(20)25)26(32)30(27(22)33)14-18-9-11-19(28)12-10-18/h7-13,18-20H,14-17H2,1-6H3,(H,34,38);7-13,15-17,31H,14H2,1-6H3. The van der Waals surface area contributed by atoms with Gasteiger partial charge in [0.15, 0.2) is 0 Å². The van der Waals surface area contributed by atoms with Gasteiger partial charge in [0.2, 0.25) is 0 Å². The molecule has 0 saturated carbocycles. The normalized spacial score (nSPS) is 14.7. The number of rotatable bonds is 15. The molecule has 9 rings (SSSR count). The Bertz CT molecular complexity index is 3240. The number of halogens is 2. The second-order valence-electron chi connectivity index (χ2n) is 21.9. The smallest absolute Gasteiger partial charge is 0.423 e. The lowest BCUT2D eigenvalue weighted by Gasteiger charge is -2.42. The summed E-state index contributed by atoms with van der Waals surface area (Å²) in [5, 5.41) is 14.6. The summed E-state index contributed by atoms with van der Waals surface area (Å²) in [5.41, 5.74) is 4.29. The van der Waals surface area contributed by atoms with Crippen molar-refractivity contribution >= 4 is 68.3 Å². The number of urea groups is 1. The molecule has 2 N–H and O–H groups in total. The van der Waals surface area contributed by atoms with Gasteiger partial charge in [0.1, 0.15) is 45.7 Å². The van der Waals surface area contributed by atoms with Gasteiger partial charge in [-0.05, 0) is 92.9 Å². The number of carbonyl (C=O) groups excluding carboxylic acids is 5. The van der Waals surface area contributed by atoms with E-state index in [1.54, 1.807) is 53.7 Å². The molecule has 19 heteroatoms. The number of aromatic hydroxyl groups is 1. The maximum atomic E-state index is 14.2. The average Bonchev–Trinajstić information content (AvgIpc) is 4.17. The Labute approximate surface area is 450 Å². The molecule has 0 radical (unpaired) electrons. The maximum Gasteiger partial charge on any atom is 0.423 e. The monoisotopic (exact) mass is 1090 g/mol. The minimum Gasteiger partial charge on any atom is -0.541 e. The van der Waals surface area contributed by atoms with Crippen LogP contribution in [-0.2, 0) is 19.6 Å². The highest BCUT2D eigenvalue weighted by Gasteiger charge is 2.52. The molecule has 6 aromatic rings. The zero-order chi connectivity index (χ0) is 56.0. The molecule has 0 atom stereocenters. The van der Waals surface area contributed by atoms with Crippen LogP contribution in [0.25, 0.3) is 21.8 Å². The molecule has 4 aromatic carbocycles. The van der Waals surface area contributed by atoms with Gasteiger partial charge in [-0.2, -0.15) is 0 Å². The molecule has 0 aliphatic carbocycles. The van der Waals surface area contributed by atoms with Crippen molar-refractivity contribution in [2.24, 2.45) is 0 Å². The third-order valence-corrected chi connectivity index (χ3v) is 27.6. The van der Waals surface area contributed by atoms with Crippen LogP contribution in [0.15, 0.2) is 85.2 Å². The Morgan fingerprint density at radius 3 is 1.55 bits per heavy atom. The van der Waals surface area contributed by atoms with Crippen molar-refractivity contribution in [3.8, 4) is 23.0 Å². The lowest BCUT2D eigenvalue weighted by atomic mass is 10.0. The Morgan fingerprint density at radius 1 is 0.610 bits per heavy atom. The number of fused-ring (bicyclic) bond motifs is 4. The first-order chi connectivity index (χ1) is 36.5. The number of benzene rings is 4. The molecule has 1 saturated heterocycles. The van der Waals surface area contributed by atoms with Crippen LogP contribution in [0.4, 0.5) is 18.4 Å². The van der Waals surface area contributed by atoms with Gasteiger partial charge in [-0.1, -0.05) is 107 Å². The van der Waals surface area contributed by atoms with E-state index in [4.69, 9.17) is 13.6 Å². The number of carbonyl (C=O) groups is 5. The second kappa shape index (κ2) is 22.0. The molecule has 0 bridgehead atoms. The number of imide groups is 2. The van der Waals surface area contributed by atoms with Crippen molar-refractivity contribution < 1.29 is 51.4 Å². The van der Waals surface area contributed by atoms with Crippen molar-refractivity contribution in [3.63, 3.8) is 0 Å². The number of nitrogens with one attached hydrogen (secondary N) is 1. The van der Waals surface area contributed by atoms with E-state index in [9.17, 15) is 37.9 Å². The Kier molecular flexibility index (Phi) is 16.0. The van der Waals surface area contributed by atoms with E-state index >= 15 is 0 Å². The number of amides is 6. The van der Waals surface area contributed by atoms with Crippen LogP contribution in [0, 0.1) is 11.6 Å². The van der Waals surface area contributed by atoms with Crippen LogP contribution in [-0.4, -0.2) is 89.3 Å². The molecule has 15 nitrogen and oxygen atoms in total. The fourth-order valence-corrected chi connectivity index (χ4v) is 22.7. The van der Waals surface area contributed by atoms with Gasteiger partial charge < -0.3 is 28.9 Å². The Balaban J connectivity index is 0.000000207. The van der Waals surface area contributed by atoms with Crippen molar-refractivity contribution in [1.82, 2.24) is 30.0 Å². The molecule has 6 amide bonds. The van der Waals surface area contributed by atoms with Gasteiger partial charge in [0.25, 0.3) is 34.4 Å². The molecule has 0 spiro atoms. The molecule has 0 unspecified atom stereocenters. The summed E-state index contributed by atoms with van der Waals surface area (Å²) in [4.78, 5) is 79.7. The van der Waals surface area contributed by atoms with Gasteiger partial charge in [-0.25, -0.2) is 23.3 Å². The molecule has 5 heterocycles. The lowest BCUT2D eigenvalue weighted by Crippen LogP contribution is -2.51. The first-order valence-corrected chi connectivity index (χ1v) is 30.6. The van der Waals surface area contributed by atoms with Gasteiger partial charge in [-0.3, -0.25) is 29.3 Å². The van der Waals surface area contributed by atoms with Gasteiger partial charge >= 0.3 is 12.1 Å². The minimum atomic E-state index is -2.56. The highest BCUT2D eigenvalue weighted by Crippen LogP contribution is 2.52. The van der Waals surface area contributed by atoms with E-state index < -0.39 is 46.4 Å². The highest BCUT2D eigenvalue weighted by atomic mass is 28.4. The van der Waals surface area contributed by atoms with E-state index in [1.165, 1.54) is 36.4 Å². The third kappa shape index (κ3) is 10.0. The summed E-state index contributed by atoms with van der Waals surface area (Å²) in [6, 6.07) is 18.0. The van der Waals surface area contributed by atoms with Gasteiger partial charge in [0.05, 0.1) is 36.3 Å². The van der Waals surface area contributed by atoms with Crippen LogP contribution in [0.1, 0.15) is 131 Å². The number of pyridine rings is 2. The number of hydrogen-bond donors (Lipinski definition) is 2. The molecule has 77 heavy (non-hydrogen) atoms. The second-order valence-corrected chi connectivity index (χ2v) is 32.7. The summed E-state index contributed by atoms with van der Waals surface area (Å²) in [6.07, 6.45) is 2.38. The number of aromatic nitrogens is 2. The van der Waals surface area contributed by atoms with Gasteiger partial charge in [0, 0.05) is 41.8 Å². The predicted octanol–water partition coefficient (Wildman–Crippen LogP) is 13.0. The largest absolute Gasteiger partial charge is 0.541 e. The molecule has 406 valence electrons. The molecule has 3 aliphatic rings. The van der Waals surface area contributed by atoms with Crippen molar-refractivity contribution in [2.45, 2.75) is 136 Å². The van der Waals surface area contributed by atoms with Crippen molar-refractivity contribution in [2.75, 3.05) is 13.1 Å². The first kappa shape index (κ1) is 56.0.